The Morgan fingerprint density at radius 2 is 1.80 bits per heavy atom. The third kappa shape index (κ3) is 5.44. The minimum Gasteiger partial charge on any atom is -0.436 e. The lowest BCUT2D eigenvalue weighted by molar-refractivity contribution is -0.114. The number of sulfonamides is 1. The van der Waals surface area contributed by atoms with E-state index < -0.39 is 10.0 Å². The number of amides is 1. The van der Waals surface area contributed by atoms with Crippen molar-refractivity contribution in [3.05, 3.63) is 78.2 Å². The number of tetrazole rings is 1. The molecule has 5 aromatic rings. The fourth-order valence-electron chi connectivity index (χ4n) is 4.92. The van der Waals surface area contributed by atoms with Gasteiger partial charge in [0, 0.05) is 50.6 Å². The summed E-state index contributed by atoms with van der Waals surface area (Å²) < 4.78 is 34.6. The van der Waals surface area contributed by atoms with Crippen LogP contribution in [0.25, 0.3) is 22.6 Å². The van der Waals surface area contributed by atoms with Crippen molar-refractivity contribution in [3.63, 3.8) is 0 Å². The molecule has 0 radical (unpaired) electrons. The number of aryl methyl sites for hydroxylation is 1. The molecule has 1 aliphatic heterocycles. The number of piperazine rings is 1. The number of benzene rings is 2. The third-order valence-electron chi connectivity index (χ3n) is 6.82. The van der Waals surface area contributed by atoms with Crippen molar-refractivity contribution in [3.8, 4) is 11.5 Å². The highest BCUT2D eigenvalue weighted by Gasteiger charge is 2.34. The van der Waals surface area contributed by atoms with Gasteiger partial charge in [-0.2, -0.15) is 9.10 Å². The zero-order chi connectivity index (χ0) is 28.6. The number of aromatic nitrogens is 6. The second kappa shape index (κ2) is 10.8. The monoisotopic (exact) mass is 573 g/mol. The summed E-state index contributed by atoms with van der Waals surface area (Å²) in [6.07, 6.45) is 1.43. The van der Waals surface area contributed by atoms with E-state index in [1.807, 2.05) is 30.3 Å². The summed E-state index contributed by atoms with van der Waals surface area (Å²) in [7, 11) is -2.17. The first-order valence-electron chi connectivity index (χ1n) is 13.0. The molecule has 1 atom stereocenters. The first-order chi connectivity index (χ1) is 19.8. The normalized spacial score (nSPS) is 15.7. The van der Waals surface area contributed by atoms with E-state index in [4.69, 9.17) is 4.42 Å². The molecular weight excluding hydrogens is 546 g/mol. The molecule has 2 aromatic carbocycles. The maximum absolute atomic E-state index is 13.6. The Balaban J connectivity index is 1.21. The van der Waals surface area contributed by atoms with E-state index in [2.05, 4.69) is 35.6 Å². The van der Waals surface area contributed by atoms with Gasteiger partial charge in [-0.3, -0.25) is 9.69 Å². The van der Waals surface area contributed by atoms with Crippen LogP contribution in [-0.2, 0) is 21.9 Å². The van der Waals surface area contributed by atoms with Gasteiger partial charge in [0.2, 0.25) is 11.8 Å². The standard InChI is InChI=1S/C27H27N9O4S/c1-18(37)29-21-8-9-23-22(17-21)30-27(40-23)20-10-11-28-24(16-20)41(38,39)36-14-12-35(13-15-36)25(19-6-4-3-5-7-19)26-31-33-34(2)32-26/h3-11,16-17,25H,12-15H2,1-2H3,(H,29,37). The van der Waals surface area contributed by atoms with Crippen LogP contribution in [0.4, 0.5) is 5.69 Å². The maximum atomic E-state index is 13.6. The van der Waals surface area contributed by atoms with Crippen LogP contribution in [0.15, 0.2) is 76.3 Å². The summed E-state index contributed by atoms with van der Waals surface area (Å²) in [4.78, 5) is 23.6. The fraction of sp³-hybridized carbons (Fsp3) is 0.259. The van der Waals surface area contributed by atoms with Crippen molar-refractivity contribution in [1.29, 1.82) is 0 Å². The van der Waals surface area contributed by atoms with E-state index in [0.29, 0.717) is 41.3 Å². The molecule has 210 valence electrons. The highest BCUT2D eigenvalue weighted by atomic mass is 32.2. The molecule has 1 amide bonds. The number of hydrogen-bond acceptors (Lipinski definition) is 10. The Kier molecular flexibility index (Phi) is 7.03. The van der Waals surface area contributed by atoms with Crippen LogP contribution in [-0.4, -0.2) is 79.9 Å². The number of carbonyl (C=O) groups excluding carboxylic acids is 1. The summed E-state index contributed by atoms with van der Waals surface area (Å²) in [5.41, 5.74) is 3.12. The van der Waals surface area contributed by atoms with Crippen molar-refractivity contribution in [2.45, 2.75) is 18.0 Å². The lowest BCUT2D eigenvalue weighted by atomic mass is 10.0. The number of oxazole rings is 1. The number of carbonyl (C=O) groups is 1. The van der Waals surface area contributed by atoms with E-state index in [1.165, 1.54) is 28.3 Å². The third-order valence-corrected chi connectivity index (χ3v) is 8.61. The predicted octanol–water partition coefficient (Wildman–Crippen LogP) is 2.47. The second-order valence-electron chi connectivity index (χ2n) is 9.66. The number of hydrogen-bond donors (Lipinski definition) is 1. The molecule has 14 heteroatoms. The van der Waals surface area contributed by atoms with Gasteiger partial charge in [-0.15, -0.1) is 10.2 Å². The molecule has 0 aliphatic carbocycles. The fourth-order valence-corrected chi connectivity index (χ4v) is 6.30. The smallest absolute Gasteiger partial charge is 0.260 e. The van der Waals surface area contributed by atoms with Gasteiger partial charge >= 0.3 is 0 Å². The Hall–Kier alpha value is -4.53. The molecule has 0 bridgehead atoms. The number of nitrogens with one attached hydrogen (secondary N) is 1. The number of anilines is 1. The van der Waals surface area contributed by atoms with E-state index in [0.717, 1.165) is 5.56 Å². The van der Waals surface area contributed by atoms with Gasteiger partial charge in [0.05, 0.1) is 13.1 Å². The van der Waals surface area contributed by atoms with Crippen LogP contribution in [0.3, 0.4) is 0 Å². The molecule has 3 aromatic heterocycles. The summed E-state index contributed by atoms with van der Waals surface area (Å²) in [5, 5.41) is 15.3. The van der Waals surface area contributed by atoms with Crippen LogP contribution in [0, 0.1) is 0 Å². The van der Waals surface area contributed by atoms with Gasteiger partial charge in [0.25, 0.3) is 10.0 Å². The van der Waals surface area contributed by atoms with Crippen molar-refractivity contribution < 1.29 is 17.6 Å². The van der Waals surface area contributed by atoms with Crippen molar-refractivity contribution in [2.24, 2.45) is 7.05 Å². The number of nitrogens with zero attached hydrogens (tertiary/aromatic N) is 8. The zero-order valence-corrected chi connectivity index (χ0v) is 23.2. The van der Waals surface area contributed by atoms with Crippen molar-refractivity contribution in [2.75, 3.05) is 31.5 Å². The first-order valence-corrected chi connectivity index (χ1v) is 14.4. The van der Waals surface area contributed by atoms with Gasteiger partial charge in [-0.25, -0.2) is 18.4 Å². The van der Waals surface area contributed by atoms with Crippen molar-refractivity contribution >= 4 is 32.7 Å². The molecule has 1 fully saturated rings. The molecule has 41 heavy (non-hydrogen) atoms. The Bertz CT molecular complexity index is 1810. The quantitative estimate of drug-likeness (QED) is 0.307. The number of fused-ring (bicyclic) bond motifs is 1. The van der Waals surface area contributed by atoms with Crippen LogP contribution >= 0.6 is 0 Å². The van der Waals surface area contributed by atoms with Gasteiger partial charge in [-0.1, -0.05) is 30.3 Å². The molecule has 0 spiro atoms. The van der Waals surface area contributed by atoms with Crippen LogP contribution < -0.4 is 5.32 Å². The molecule has 1 saturated heterocycles. The molecule has 1 N–H and O–H groups in total. The zero-order valence-electron chi connectivity index (χ0n) is 22.4. The second-order valence-corrected chi connectivity index (χ2v) is 11.5. The molecule has 13 nitrogen and oxygen atoms in total. The van der Waals surface area contributed by atoms with Crippen LogP contribution in [0.5, 0.6) is 0 Å². The largest absolute Gasteiger partial charge is 0.436 e. The Labute approximate surface area is 235 Å². The Morgan fingerprint density at radius 3 is 2.51 bits per heavy atom. The van der Waals surface area contributed by atoms with Crippen LogP contribution in [0.1, 0.15) is 24.4 Å². The predicted molar refractivity (Wildman–Crippen MR) is 149 cm³/mol. The molecule has 0 saturated carbocycles. The highest BCUT2D eigenvalue weighted by molar-refractivity contribution is 7.89. The molecular formula is C27H27N9O4S. The van der Waals surface area contributed by atoms with Crippen molar-refractivity contribution in [1.82, 2.24) is 39.4 Å². The van der Waals surface area contributed by atoms with E-state index in [-0.39, 0.29) is 36.0 Å². The van der Waals surface area contributed by atoms with E-state index in [1.54, 1.807) is 31.3 Å². The molecule has 4 heterocycles. The van der Waals surface area contributed by atoms with Gasteiger partial charge in [-0.05, 0) is 41.1 Å². The summed E-state index contributed by atoms with van der Waals surface area (Å²) in [5.74, 6) is 0.622. The summed E-state index contributed by atoms with van der Waals surface area (Å²) in [6.45, 7) is 2.91. The average molecular weight is 574 g/mol. The molecule has 1 unspecified atom stereocenters. The average Bonchev–Trinajstić information content (AvgIpc) is 3.60. The minimum atomic E-state index is -3.89. The molecule has 6 rings (SSSR count). The van der Waals surface area contributed by atoms with Gasteiger partial charge < -0.3 is 9.73 Å². The molecule has 1 aliphatic rings. The van der Waals surface area contributed by atoms with Crippen LogP contribution in [0.2, 0.25) is 0 Å². The lowest BCUT2D eigenvalue weighted by Gasteiger charge is -2.37. The summed E-state index contributed by atoms with van der Waals surface area (Å²) >= 11 is 0. The lowest BCUT2D eigenvalue weighted by Crippen LogP contribution is -2.50. The SMILES string of the molecule is CC(=O)Nc1ccc2oc(-c3ccnc(S(=O)(=O)N4CCN(C(c5ccccc5)c5nnn(C)n5)CC4)c3)nc2c1. The number of rotatable bonds is 7. The topological polar surface area (TPSA) is 152 Å². The number of pyridine rings is 1. The Morgan fingerprint density at radius 1 is 1.02 bits per heavy atom. The van der Waals surface area contributed by atoms with Gasteiger partial charge in [0.15, 0.2) is 16.4 Å². The van der Waals surface area contributed by atoms with E-state index in [9.17, 15) is 13.2 Å². The van der Waals surface area contributed by atoms with E-state index >= 15 is 0 Å². The first kappa shape index (κ1) is 26.7. The van der Waals surface area contributed by atoms with Gasteiger partial charge in [0.1, 0.15) is 5.52 Å². The summed E-state index contributed by atoms with van der Waals surface area (Å²) in [6, 6.07) is 17.8. The highest BCUT2D eigenvalue weighted by Crippen LogP contribution is 2.30. The maximum Gasteiger partial charge on any atom is 0.260 e. The minimum absolute atomic E-state index is 0.0835.